The summed E-state index contributed by atoms with van der Waals surface area (Å²) in [7, 11) is 1.88. The normalized spacial score (nSPS) is 14.7. The van der Waals surface area contributed by atoms with Crippen LogP contribution in [0.15, 0.2) is 0 Å². The molecule has 7 nitrogen and oxygen atoms in total. The van der Waals surface area contributed by atoms with Crippen molar-refractivity contribution >= 4 is 5.97 Å². The van der Waals surface area contributed by atoms with Crippen molar-refractivity contribution < 1.29 is 29.2 Å². The smallest absolute Gasteiger partial charge is 0.305 e. The average molecular weight is 560 g/mol. The summed E-state index contributed by atoms with van der Waals surface area (Å²) in [6.45, 7) is 7.18. The van der Waals surface area contributed by atoms with Crippen molar-refractivity contribution in [3.63, 3.8) is 0 Å². The minimum absolute atomic E-state index is 0.0334. The molecule has 0 bridgehead atoms. The molecule has 0 amide bonds. The van der Waals surface area contributed by atoms with E-state index in [0.29, 0.717) is 32.5 Å². The Kier molecular flexibility index (Phi) is 28.2. The van der Waals surface area contributed by atoms with Crippen molar-refractivity contribution in [3.05, 3.63) is 0 Å². The molecule has 0 saturated carbocycles. The van der Waals surface area contributed by atoms with Crippen LogP contribution in [0.4, 0.5) is 0 Å². The van der Waals surface area contributed by atoms with Crippen molar-refractivity contribution in [1.82, 2.24) is 5.32 Å². The highest BCUT2D eigenvalue weighted by Crippen LogP contribution is 2.17. The predicted octanol–water partition coefficient (Wildman–Crippen LogP) is 7.61. The Morgan fingerprint density at radius 3 is 1.82 bits per heavy atom. The fourth-order valence-corrected chi connectivity index (χ4v) is 4.67. The Bertz CT molecular complexity index is 521. The Labute approximate surface area is 241 Å². The molecule has 0 aromatic carbocycles. The average Bonchev–Trinajstić information content (AvgIpc) is 2.93. The van der Waals surface area contributed by atoms with Crippen LogP contribution in [0.1, 0.15) is 156 Å². The zero-order chi connectivity index (χ0) is 29.0. The quantitative estimate of drug-likeness (QED) is 0.0473. The van der Waals surface area contributed by atoms with Gasteiger partial charge in [0.1, 0.15) is 6.23 Å². The molecule has 0 fully saturated rings. The Morgan fingerprint density at radius 2 is 1.15 bits per heavy atom. The van der Waals surface area contributed by atoms with Crippen molar-refractivity contribution in [2.75, 3.05) is 20.3 Å². The lowest BCUT2D eigenvalue weighted by Gasteiger charge is -2.22. The van der Waals surface area contributed by atoms with E-state index in [9.17, 15) is 15.0 Å². The largest absolute Gasteiger partial charge is 0.465 e. The van der Waals surface area contributed by atoms with Gasteiger partial charge in [-0.15, -0.1) is 0 Å². The molecule has 0 aromatic rings. The number of carbonyl (C=O) groups is 1. The summed E-state index contributed by atoms with van der Waals surface area (Å²) in [5, 5.41) is 23.7. The number of hydrogen-bond donors (Lipinski definition) is 3. The van der Waals surface area contributed by atoms with Gasteiger partial charge in [-0.2, -0.15) is 0 Å². The topological polar surface area (TPSA) is 97.2 Å². The van der Waals surface area contributed by atoms with Crippen molar-refractivity contribution in [1.29, 1.82) is 0 Å². The molecular weight excluding hydrogens is 494 g/mol. The van der Waals surface area contributed by atoms with Crippen LogP contribution in [0.3, 0.4) is 0 Å². The summed E-state index contributed by atoms with van der Waals surface area (Å²) in [5.41, 5.74) is 0. The van der Waals surface area contributed by atoms with E-state index >= 15 is 0 Å². The molecule has 7 heteroatoms. The van der Waals surface area contributed by atoms with E-state index in [0.717, 1.165) is 70.6 Å². The number of aliphatic hydroxyl groups excluding tert-OH is 2. The molecule has 0 radical (unpaired) electrons. The van der Waals surface area contributed by atoms with Crippen LogP contribution in [0.25, 0.3) is 0 Å². The monoisotopic (exact) mass is 559 g/mol. The maximum absolute atomic E-state index is 12.1. The van der Waals surface area contributed by atoms with Gasteiger partial charge >= 0.3 is 5.97 Å². The molecule has 3 unspecified atom stereocenters. The third-order valence-corrected chi connectivity index (χ3v) is 7.32. The van der Waals surface area contributed by atoms with Gasteiger partial charge in [-0.3, -0.25) is 10.1 Å². The second-order valence-electron chi connectivity index (χ2n) is 11.2. The van der Waals surface area contributed by atoms with Gasteiger partial charge in [0, 0.05) is 12.3 Å². The van der Waals surface area contributed by atoms with Gasteiger partial charge in [0.05, 0.1) is 13.2 Å². The fourth-order valence-electron chi connectivity index (χ4n) is 4.67. The summed E-state index contributed by atoms with van der Waals surface area (Å²) in [6.07, 6.45) is 19.7. The number of esters is 1. The first-order valence-electron chi connectivity index (χ1n) is 16.4. The first kappa shape index (κ1) is 38.3. The summed E-state index contributed by atoms with van der Waals surface area (Å²) >= 11 is 0. The Morgan fingerprint density at radius 1 is 0.641 bits per heavy atom. The molecule has 0 aromatic heterocycles. The van der Waals surface area contributed by atoms with Crippen LogP contribution in [0.5, 0.6) is 0 Å². The number of carbonyl (C=O) groups excluding carboxylic acids is 1. The van der Waals surface area contributed by atoms with E-state index in [4.69, 9.17) is 14.2 Å². The first-order valence-corrected chi connectivity index (χ1v) is 16.4. The zero-order valence-corrected chi connectivity index (χ0v) is 26.1. The van der Waals surface area contributed by atoms with Gasteiger partial charge in [-0.05, 0) is 58.4 Å². The third-order valence-electron chi connectivity index (χ3n) is 7.32. The highest BCUT2D eigenvalue weighted by atomic mass is 16.6. The molecule has 0 spiro atoms. The van der Waals surface area contributed by atoms with E-state index in [1.54, 1.807) is 0 Å². The van der Waals surface area contributed by atoms with Crippen molar-refractivity contribution in [2.45, 2.75) is 174 Å². The number of unbranched alkanes of at least 4 members (excludes halogenated alkanes) is 12. The van der Waals surface area contributed by atoms with E-state index in [-0.39, 0.29) is 18.1 Å². The standard InChI is InChI=1S/C32H65NO6/c1-5-8-11-12-13-14-15-18-22-29(33-4)39-32(36)25-20-19-21-28(26-37-30(34)23-16-9-6-2)27-38-31(35)24-17-10-7-3/h28-30,32-34,36H,5-27H2,1-4H3/t28?,29-,30?,32?/m1/s1. The maximum atomic E-state index is 12.1. The van der Waals surface area contributed by atoms with Crippen LogP contribution in [0, 0.1) is 5.92 Å². The Balaban J connectivity index is 4.29. The minimum atomic E-state index is -0.789. The lowest BCUT2D eigenvalue weighted by Crippen LogP contribution is -2.32. The highest BCUT2D eigenvalue weighted by molar-refractivity contribution is 5.69. The number of aliphatic hydroxyl groups is 2. The van der Waals surface area contributed by atoms with E-state index in [1.807, 2.05) is 7.05 Å². The van der Waals surface area contributed by atoms with Crippen molar-refractivity contribution in [2.24, 2.45) is 5.92 Å². The number of ether oxygens (including phenoxy) is 3. The van der Waals surface area contributed by atoms with Gasteiger partial charge < -0.3 is 24.4 Å². The van der Waals surface area contributed by atoms with Crippen LogP contribution >= 0.6 is 0 Å². The van der Waals surface area contributed by atoms with Gasteiger partial charge in [0.25, 0.3) is 0 Å². The fraction of sp³-hybridized carbons (Fsp3) is 0.969. The van der Waals surface area contributed by atoms with E-state index in [1.165, 1.54) is 44.9 Å². The predicted molar refractivity (Wildman–Crippen MR) is 160 cm³/mol. The maximum Gasteiger partial charge on any atom is 0.305 e. The summed E-state index contributed by atoms with van der Waals surface area (Å²) < 4.78 is 17.0. The summed E-state index contributed by atoms with van der Waals surface area (Å²) in [6, 6.07) is 0. The lowest BCUT2D eigenvalue weighted by atomic mass is 10.0. The molecule has 3 N–H and O–H groups in total. The van der Waals surface area contributed by atoms with E-state index in [2.05, 4.69) is 26.1 Å². The van der Waals surface area contributed by atoms with Crippen LogP contribution in [-0.2, 0) is 19.0 Å². The molecule has 0 aliphatic carbocycles. The summed E-state index contributed by atoms with van der Waals surface area (Å²) in [5.74, 6) is -0.124. The molecule has 0 heterocycles. The molecule has 0 rings (SSSR count). The van der Waals surface area contributed by atoms with Gasteiger partial charge in [0.2, 0.25) is 0 Å². The highest BCUT2D eigenvalue weighted by Gasteiger charge is 2.17. The minimum Gasteiger partial charge on any atom is -0.465 e. The molecule has 0 aliphatic heterocycles. The number of hydrogen-bond acceptors (Lipinski definition) is 7. The number of nitrogens with one attached hydrogen (secondary N) is 1. The lowest BCUT2D eigenvalue weighted by molar-refractivity contribution is -0.150. The van der Waals surface area contributed by atoms with Crippen LogP contribution in [-0.4, -0.2) is 55.3 Å². The molecule has 0 saturated heterocycles. The van der Waals surface area contributed by atoms with Crippen LogP contribution in [0.2, 0.25) is 0 Å². The third kappa shape index (κ3) is 25.9. The molecule has 0 aliphatic rings. The molecule has 234 valence electrons. The first-order chi connectivity index (χ1) is 19.0. The van der Waals surface area contributed by atoms with Crippen molar-refractivity contribution in [3.8, 4) is 0 Å². The Hall–Kier alpha value is -0.730. The second kappa shape index (κ2) is 28.8. The molecule has 4 atom stereocenters. The van der Waals surface area contributed by atoms with Gasteiger partial charge in [0.15, 0.2) is 12.6 Å². The molecule has 39 heavy (non-hydrogen) atoms. The number of rotatable bonds is 30. The SMILES string of the molecule is CCCCCCCCCC[C@H](NC)OC(O)CCCCC(COC(=O)CCCCC)COC(O)CCCCC. The van der Waals surface area contributed by atoms with E-state index < -0.39 is 12.6 Å². The zero-order valence-electron chi connectivity index (χ0n) is 26.1. The second-order valence-corrected chi connectivity index (χ2v) is 11.2. The molecular formula is C32H65NO6. The summed E-state index contributed by atoms with van der Waals surface area (Å²) in [4.78, 5) is 12.1. The van der Waals surface area contributed by atoms with Gasteiger partial charge in [-0.25, -0.2) is 0 Å². The van der Waals surface area contributed by atoms with Crippen LogP contribution < -0.4 is 5.32 Å². The van der Waals surface area contributed by atoms with Gasteiger partial charge in [-0.1, -0.05) is 97.8 Å².